The number of halogens is 1. The Hall–Kier alpha value is -2.59. The predicted octanol–water partition coefficient (Wildman–Crippen LogP) is 4.15. The summed E-state index contributed by atoms with van der Waals surface area (Å²) in [7, 11) is 0. The van der Waals surface area contributed by atoms with Gasteiger partial charge in [0.2, 0.25) is 0 Å². The Morgan fingerprint density at radius 3 is 2.77 bits per heavy atom. The van der Waals surface area contributed by atoms with Gasteiger partial charge in [-0.2, -0.15) is 5.10 Å². The molecule has 0 saturated carbocycles. The maximum atomic E-state index is 6.02. The van der Waals surface area contributed by atoms with E-state index in [1.165, 1.54) is 0 Å². The van der Waals surface area contributed by atoms with E-state index in [1.54, 1.807) is 0 Å². The first-order valence-electron chi connectivity index (χ1n) is 6.96. The fraction of sp³-hybridized carbons (Fsp3) is 0.0588. The van der Waals surface area contributed by atoms with E-state index in [0.717, 1.165) is 28.3 Å². The molecule has 0 aliphatic carbocycles. The zero-order valence-corrected chi connectivity index (χ0v) is 12.7. The molecule has 108 valence electrons. The molecule has 3 heterocycles. The molecule has 0 amide bonds. The molecule has 1 aromatic carbocycles. The van der Waals surface area contributed by atoms with Crippen molar-refractivity contribution in [2.45, 2.75) is 6.92 Å². The number of fused-ring (bicyclic) bond motifs is 1. The van der Waals surface area contributed by atoms with E-state index < -0.39 is 0 Å². The molecule has 0 unspecified atom stereocenters. The van der Waals surface area contributed by atoms with E-state index in [1.807, 2.05) is 64.9 Å². The zero-order valence-electron chi connectivity index (χ0n) is 11.9. The van der Waals surface area contributed by atoms with Crippen molar-refractivity contribution in [1.29, 1.82) is 0 Å². The number of imidazole rings is 1. The van der Waals surface area contributed by atoms with Crippen LogP contribution >= 0.6 is 11.6 Å². The highest BCUT2D eigenvalue weighted by Gasteiger charge is 2.08. The Morgan fingerprint density at radius 1 is 1.05 bits per heavy atom. The lowest BCUT2D eigenvalue weighted by molar-refractivity contribution is 0.863. The van der Waals surface area contributed by atoms with Crippen molar-refractivity contribution in [1.82, 2.24) is 19.2 Å². The van der Waals surface area contributed by atoms with E-state index in [2.05, 4.69) is 22.2 Å². The SMILES string of the molecule is Cc1ccn(-c2cccc(-c3cnc4cc(Cl)ccn34)c2)n1. The second kappa shape index (κ2) is 5.00. The summed E-state index contributed by atoms with van der Waals surface area (Å²) in [6, 6.07) is 13.9. The van der Waals surface area contributed by atoms with Crippen molar-refractivity contribution in [3.05, 3.63) is 71.8 Å². The van der Waals surface area contributed by atoms with Gasteiger partial charge in [0.25, 0.3) is 0 Å². The standard InChI is InChI=1S/C17H13ClN4/c1-12-5-8-22(20-12)15-4-2-3-13(9-15)16-11-19-17-10-14(18)6-7-21(16)17/h2-11H,1H3. The van der Waals surface area contributed by atoms with Gasteiger partial charge in [0, 0.05) is 29.0 Å². The van der Waals surface area contributed by atoms with Crippen molar-refractivity contribution in [2.24, 2.45) is 0 Å². The molecule has 0 N–H and O–H groups in total. The number of rotatable bonds is 2. The topological polar surface area (TPSA) is 35.1 Å². The van der Waals surface area contributed by atoms with Crippen LogP contribution in [0.1, 0.15) is 5.69 Å². The van der Waals surface area contributed by atoms with Crippen LogP contribution in [-0.4, -0.2) is 19.2 Å². The van der Waals surface area contributed by atoms with E-state index in [9.17, 15) is 0 Å². The van der Waals surface area contributed by atoms with Crippen LogP contribution in [-0.2, 0) is 0 Å². The molecule has 0 saturated heterocycles. The van der Waals surface area contributed by atoms with Crippen LogP contribution in [0.25, 0.3) is 22.6 Å². The van der Waals surface area contributed by atoms with Crippen LogP contribution in [0.4, 0.5) is 0 Å². The number of pyridine rings is 1. The van der Waals surface area contributed by atoms with Gasteiger partial charge in [0.1, 0.15) is 5.65 Å². The lowest BCUT2D eigenvalue weighted by atomic mass is 10.1. The monoisotopic (exact) mass is 308 g/mol. The Balaban J connectivity index is 1.85. The third kappa shape index (κ3) is 2.18. The zero-order chi connectivity index (χ0) is 15.1. The Kier molecular flexibility index (Phi) is 2.98. The van der Waals surface area contributed by atoms with E-state index >= 15 is 0 Å². The van der Waals surface area contributed by atoms with Gasteiger partial charge in [-0.05, 0) is 31.2 Å². The number of aromatic nitrogens is 4. The highest BCUT2D eigenvalue weighted by Crippen LogP contribution is 2.24. The summed E-state index contributed by atoms with van der Waals surface area (Å²) in [4.78, 5) is 4.42. The molecule has 4 aromatic rings. The first-order valence-corrected chi connectivity index (χ1v) is 7.34. The van der Waals surface area contributed by atoms with E-state index in [4.69, 9.17) is 11.6 Å². The van der Waals surface area contributed by atoms with Gasteiger partial charge in [0.15, 0.2) is 0 Å². The Morgan fingerprint density at radius 2 is 1.95 bits per heavy atom. The van der Waals surface area contributed by atoms with Gasteiger partial charge in [-0.1, -0.05) is 23.7 Å². The summed E-state index contributed by atoms with van der Waals surface area (Å²) >= 11 is 6.02. The van der Waals surface area contributed by atoms with Crippen LogP contribution in [0.15, 0.2) is 61.1 Å². The first kappa shape index (κ1) is 13.1. The fourth-order valence-electron chi connectivity index (χ4n) is 2.54. The van der Waals surface area contributed by atoms with E-state index in [-0.39, 0.29) is 0 Å². The second-order valence-electron chi connectivity index (χ2n) is 5.17. The normalized spacial score (nSPS) is 11.2. The quantitative estimate of drug-likeness (QED) is 0.557. The molecule has 0 aliphatic heterocycles. The maximum absolute atomic E-state index is 6.02. The summed E-state index contributed by atoms with van der Waals surface area (Å²) in [5, 5.41) is 5.14. The molecule has 0 spiro atoms. The lowest BCUT2D eigenvalue weighted by Gasteiger charge is -2.06. The number of benzene rings is 1. The number of hydrogen-bond donors (Lipinski definition) is 0. The molecule has 0 bridgehead atoms. The van der Waals surface area contributed by atoms with Crippen molar-refractivity contribution < 1.29 is 0 Å². The summed E-state index contributed by atoms with van der Waals surface area (Å²) < 4.78 is 3.90. The average Bonchev–Trinajstić information content (AvgIpc) is 3.13. The molecular formula is C17H13ClN4. The smallest absolute Gasteiger partial charge is 0.138 e. The van der Waals surface area contributed by atoms with Crippen molar-refractivity contribution in [3.63, 3.8) is 0 Å². The molecule has 4 rings (SSSR count). The second-order valence-corrected chi connectivity index (χ2v) is 5.61. The summed E-state index contributed by atoms with van der Waals surface area (Å²) in [6.45, 7) is 1.98. The molecule has 4 nitrogen and oxygen atoms in total. The molecule has 3 aromatic heterocycles. The van der Waals surface area contributed by atoms with Crippen LogP contribution in [0.5, 0.6) is 0 Å². The van der Waals surface area contributed by atoms with Gasteiger partial charge >= 0.3 is 0 Å². The van der Waals surface area contributed by atoms with Gasteiger partial charge in [-0.25, -0.2) is 9.67 Å². The minimum atomic E-state index is 0.686. The number of hydrogen-bond acceptors (Lipinski definition) is 2. The van der Waals surface area contributed by atoms with Gasteiger partial charge in [-0.15, -0.1) is 0 Å². The largest absolute Gasteiger partial charge is 0.300 e. The van der Waals surface area contributed by atoms with Gasteiger partial charge in [0.05, 0.1) is 23.3 Å². The first-order chi connectivity index (χ1) is 10.7. The molecule has 0 fully saturated rings. The number of aryl methyl sites for hydroxylation is 1. The lowest BCUT2D eigenvalue weighted by Crippen LogP contribution is -1.96. The summed E-state index contributed by atoms with van der Waals surface area (Å²) in [5.74, 6) is 0. The molecular weight excluding hydrogens is 296 g/mol. The third-order valence-corrected chi connectivity index (χ3v) is 3.84. The predicted molar refractivity (Wildman–Crippen MR) is 87.5 cm³/mol. The molecule has 5 heteroatoms. The minimum Gasteiger partial charge on any atom is -0.300 e. The molecule has 0 aliphatic rings. The maximum Gasteiger partial charge on any atom is 0.138 e. The van der Waals surface area contributed by atoms with Crippen LogP contribution in [0, 0.1) is 6.92 Å². The molecule has 22 heavy (non-hydrogen) atoms. The highest BCUT2D eigenvalue weighted by atomic mass is 35.5. The number of nitrogens with zero attached hydrogens (tertiary/aromatic N) is 4. The summed E-state index contributed by atoms with van der Waals surface area (Å²) in [5.41, 5.74) is 4.96. The Bertz CT molecular complexity index is 968. The Labute approximate surface area is 132 Å². The van der Waals surface area contributed by atoms with Crippen molar-refractivity contribution in [2.75, 3.05) is 0 Å². The van der Waals surface area contributed by atoms with Crippen molar-refractivity contribution >= 4 is 17.2 Å². The van der Waals surface area contributed by atoms with E-state index in [0.29, 0.717) is 5.02 Å². The molecule has 0 atom stereocenters. The van der Waals surface area contributed by atoms with Crippen LogP contribution in [0.2, 0.25) is 5.02 Å². The average molecular weight is 309 g/mol. The third-order valence-electron chi connectivity index (χ3n) is 3.60. The van der Waals surface area contributed by atoms with Crippen molar-refractivity contribution in [3.8, 4) is 16.9 Å². The van der Waals surface area contributed by atoms with Gasteiger partial charge < -0.3 is 0 Å². The molecule has 0 radical (unpaired) electrons. The fourth-order valence-corrected chi connectivity index (χ4v) is 2.69. The van der Waals surface area contributed by atoms with Crippen LogP contribution < -0.4 is 0 Å². The highest BCUT2D eigenvalue weighted by molar-refractivity contribution is 6.30. The van der Waals surface area contributed by atoms with Gasteiger partial charge in [-0.3, -0.25) is 4.40 Å². The van der Waals surface area contributed by atoms with Crippen LogP contribution in [0.3, 0.4) is 0 Å². The minimum absolute atomic E-state index is 0.686. The summed E-state index contributed by atoms with van der Waals surface area (Å²) in [6.07, 6.45) is 5.76.